The predicted molar refractivity (Wildman–Crippen MR) is 150 cm³/mol. The van der Waals surface area contributed by atoms with Crippen LogP contribution < -0.4 is 0 Å². The average Bonchev–Trinajstić information content (AvgIpc) is 3.63. The third kappa shape index (κ3) is 5.60. The summed E-state index contributed by atoms with van der Waals surface area (Å²) in [4.78, 5) is 22.4. The molecule has 0 bridgehead atoms. The Labute approximate surface area is 233 Å². The molecule has 4 heterocycles. The molecule has 2 aromatic heterocycles. The Hall–Kier alpha value is -3.55. The second-order valence-electron chi connectivity index (χ2n) is 10.5. The van der Waals surface area contributed by atoms with Gasteiger partial charge in [-0.1, -0.05) is 41.9 Å². The lowest BCUT2D eigenvalue weighted by Gasteiger charge is -2.33. The molecule has 0 unspecified atom stereocenters. The number of piperidine rings is 1. The summed E-state index contributed by atoms with van der Waals surface area (Å²) in [6.45, 7) is 4.04. The zero-order valence-corrected chi connectivity index (χ0v) is 22.5. The Morgan fingerprint density at radius 1 is 0.949 bits per heavy atom. The van der Waals surface area contributed by atoms with E-state index in [2.05, 4.69) is 39.2 Å². The Morgan fingerprint density at radius 3 is 2.44 bits per heavy atom. The molecule has 1 atom stereocenters. The van der Waals surface area contributed by atoms with Crippen molar-refractivity contribution in [2.24, 2.45) is 0 Å². The fraction of sp³-hybridized carbons (Fsp3) is 0.323. The van der Waals surface area contributed by atoms with E-state index in [9.17, 15) is 9.18 Å². The zero-order chi connectivity index (χ0) is 26.8. The van der Waals surface area contributed by atoms with Crippen molar-refractivity contribution in [2.45, 2.75) is 37.6 Å². The summed E-state index contributed by atoms with van der Waals surface area (Å²) < 4.78 is 15.6. The second kappa shape index (κ2) is 11.3. The number of hydrogen-bond acceptors (Lipinski definition) is 4. The maximum atomic E-state index is 13.9. The largest absolute Gasteiger partial charge is 0.338 e. The number of hydrogen-bond donors (Lipinski definition) is 0. The average molecular weight is 544 g/mol. The molecule has 2 aliphatic heterocycles. The first kappa shape index (κ1) is 25.7. The maximum absolute atomic E-state index is 13.9. The van der Waals surface area contributed by atoms with Crippen LogP contribution in [-0.4, -0.2) is 56.7 Å². The summed E-state index contributed by atoms with van der Waals surface area (Å²) in [5, 5.41) is 5.17. The van der Waals surface area contributed by atoms with Gasteiger partial charge in [0.15, 0.2) is 0 Å². The van der Waals surface area contributed by atoms with Gasteiger partial charge in [0.05, 0.1) is 23.1 Å². The maximum Gasteiger partial charge on any atom is 0.257 e. The molecule has 0 N–H and O–H groups in total. The number of pyridine rings is 1. The van der Waals surface area contributed by atoms with Crippen LogP contribution in [0.2, 0.25) is 5.15 Å². The highest BCUT2D eigenvalue weighted by Crippen LogP contribution is 2.35. The van der Waals surface area contributed by atoms with Gasteiger partial charge in [0.1, 0.15) is 11.0 Å². The van der Waals surface area contributed by atoms with Crippen LogP contribution in [0.25, 0.3) is 5.69 Å². The molecular weight excluding hydrogens is 513 g/mol. The molecule has 2 aliphatic rings. The molecule has 2 aromatic carbocycles. The van der Waals surface area contributed by atoms with E-state index < -0.39 is 0 Å². The van der Waals surface area contributed by atoms with Crippen LogP contribution in [0, 0.1) is 5.82 Å². The topological polar surface area (TPSA) is 54.3 Å². The number of aromatic nitrogens is 3. The van der Waals surface area contributed by atoms with E-state index in [0.29, 0.717) is 23.2 Å². The lowest BCUT2D eigenvalue weighted by molar-refractivity contribution is 0.0788. The zero-order valence-electron chi connectivity index (χ0n) is 21.7. The predicted octanol–water partition coefficient (Wildman–Crippen LogP) is 6.07. The summed E-state index contributed by atoms with van der Waals surface area (Å²) in [6.07, 6.45) is 6.21. The first-order valence-electron chi connectivity index (χ1n) is 13.6. The summed E-state index contributed by atoms with van der Waals surface area (Å²) >= 11 is 6.08. The number of nitrogens with zero attached hydrogens (tertiary/aromatic N) is 5. The van der Waals surface area contributed by atoms with E-state index in [1.807, 2.05) is 27.8 Å². The smallest absolute Gasteiger partial charge is 0.257 e. The van der Waals surface area contributed by atoms with Crippen LogP contribution in [0.5, 0.6) is 0 Å². The Kier molecular flexibility index (Phi) is 7.44. The van der Waals surface area contributed by atoms with Crippen LogP contribution in [0.4, 0.5) is 4.39 Å². The van der Waals surface area contributed by atoms with Crippen LogP contribution in [-0.2, 0) is 6.54 Å². The minimum atomic E-state index is -0.294. The fourth-order valence-corrected chi connectivity index (χ4v) is 6.18. The van der Waals surface area contributed by atoms with Crippen LogP contribution >= 0.6 is 11.6 Å². The first-order chi connectivity index (χ1) is 19.0. The summed E-state index contributed by atoms with van der Waals surface area (Å²) in [5.74, 6) is 0.250. The van der Waals surface area contributed by atoms with Crippen molar-refractivity contribution < 1.29 is 9.18 Å². The van der Waals surface area contributed by atoms with Gasteiger partial charge in [-0.25, -0.2) is 14.1 Å². The number of amides is 1. The molecule has 0 saturated carbocycles. The lowest BCUT2D eigenvalue weighted by Crippen LogP contribution is -2.34. The van der Waals surface area contributed by atoms with Crippen molar-refractivity contribution in [2.75, 3.05) is 26.2 Å². The van der Waals surface area contributed by atoms with Gasteiger partial charge in [0, 0.05) is 37.7 Å². The summed E-state index contributed by atoms with van der Waals surface area (Å²) in [7, 11) is 0. The molecule has 4 aromatic rings. The lowest BCUT2D eigenvalue weighted by atomic mass is 9.90. The van der Waals surface area contributed by atoms with Crippen LogP contribution in [0.1, 0.15) is 58.3 Å². The summed E-state index contributed by atoms with van der Waals surface area (Å²) in [6, 6.07) is 20.7. The fourth-order valence-electron chi connectivity index (χ4n) is 5.98. The molecular formula is C31H31ClFN5O. The van der Waals surface area contributed by atoms with Crippen LogP contribution in [0.3, 0.4) is 0 Å². The van der Waals surface area contributed by atoms with E-state index in [-0.39, 0.29) is 17.6 Å². The molecule has 0 radical (unpaired) electrons. The van der Waals surface area contributed by atoms with Crippen LogP contribution in [0.15, 0.2) is 79.1 Å². The van der Waals surface area contributed by atoms with Gasteiger partial charge in [0.2, 0.25) is 0 Å². The second-order valence-corrected chi connectivity index (χ2v) is 10.9. The highest BCUT2D eigenvalue weighted by atomic mass is 35.5. The minimum absolute atomic E-state index is 0.0330. The molecule has 0 aliphatic carbocycles. The van der Waals surface area contributed by atoms with Gasteiger partial charge in [-0.2, -0.15) is 5.10 Å². The molecule has 2 fully saturated rings. The quantitative estimate of drug-likeness (QED) is 0.277. The normalized spacial score (nSPS) is 18.5. The molecule has 8 heteroatoms. The Morgan fingerprint density at radius 2 is 1.69 bits per heavy atom. The molecule has 6 rings (SSSR count). The minimum Gasteiger partial charge on any atom is -0.338 e. The monoisotopic (exact) mass is 543 g/mol. The van der Waals surface area contributed by atoms with Gasteiger partial charge >= 0.3 is 0 Å². The van der Waals surface area contributed by atoms with Crippen molar-refractivity contribution in [3.63, 3.8) is 0 Å². The molecule has 39 heavy (non-hydrogen) atoms. The van der Waals surface area contributed by atoms with Gasteiger partial charge in [-0.3, -0.25) is 9.69 Å². The van der Waals surface area contributed by atoms with Crippen molar-refractivity contribution >= 4 is 17.5 Å². The number of halogens is 2. The van der Waals surface area contributed by atoms with Gasteiger partial charge in [0.25, 0.3) is 5.91 Å². The van der Waals surface area contributed by atoms with Crippen molar-refractivity contribution in [1.29, 1.82) is 0 Å². The van der Waals surface area contributed by atoms with Crippen molar-refractivity contribution in [1.82, 2.24) is 24.6 Å². The number of likely N-dealkylation sites (tertiary alicyclic amines) is 2. The third-order valence-corrected chi connectivity index (χ3v) is 8.23. The highest BCUT2D eigenvalue weighted by molar-refractivity contribution is 6.29. The Bertz CT molecular complexity index is 1430. The number of carbonyl (C=O) groups is 1. The van der Waals surface area contributed by atoms with Crippen molar-refractivity contribution in [3.05, 3.63) is 112 Å². The molecule has 2 saturated heterocycles. The molecule has 1 amide bonds. The number of rotatable bonds is 6. The van der Waals surface area contributed by atoms with E-state index in [4.69, 9.17) is 11.6 Å². The molecule has 6 nitrogen and oxygen atoms in total. The van der Waals surface area contributed by atoms with Gasteiger partial charge in [-0.15, -0.1) is 0 Å². The Balaban J connectivity index is 1.24. The third-order valence-electron chi connectivity index (χ3n) is 8.03. The number of carbonyl (C=O) groups excluding carboxylic acids is 1. The standard InChI is InChI=1S/C31H31ClFN5O/c32-29-18-22(10-14-34-29)20-36-15-11-24(12-16-36)30-28(19-35-38(30)27-8-6-26(33)7-9-27)31(39)37-17-13-25(21-37)23-4-2-1-3-5-23/h1-10,14,18-19,24-25H,11-13,15-17,20-21H2/t25-/m0/s1. The van der Waals surface area contributed by atoms with E-state index in [1.165, 1.54) is 17.7 Å². The number of benzene rings is 2. The van der Waals surface area contributed by atoms with E-state index in [1.54, 1.807) is 24.5 Å². The van der Waals surface area contributed by atoms with E-state index in [0.717, 1.165) is 62.4 Å². The van der Waals surface area contributed by atoms with E-state index >= 15 is 0 Å². The highest BCUT2D eigenvalue weighted by Gasteiger charge is 2.34. The van der Waals surface area contributed by atoms with Gasteiger partial charge in [-0.05, 0) is 79.9 Å². The molecule has 200 valence electrons. The van der Waals surface area contributed by atoms with Crippen molar-refractivity contribution in [3.8, 4) is 5.69 Å². The molecule has 0 spiro atoms. The first-order valence-corrected chi connectivity index (χ1v) is 13.9. The SMILES string of the molecule is O=C(c1cnn(-c2ccc(F)cc2)c1C1CCN(Cc2ccnc(Cl)c2)CC1)N1CC[C@H](c2ccccc2)C1. The van der Waals surface area contributed by atoms with Gasteiger partial charge < -0.3 is 4.90 Å². The summed E-state index contributed by atoms with van der Waals surface area (Å²) in [5.41, 5.74) is 4.78.